The summed E-state index contributed by atoms with van der Waals surface area (Å²) >= 11 is 1.55. The Morgan fingerprint density at radius 3 is 2.55 bits per heavy atom. The number of hydrogen-bond donors (Lipinski definition) is 1. The van der Waals surface area contributed by atoms with Gasteiger partial charge in [0.1, 0.15) is 10.8 Å². The number of anilines is 1. The molecule has 0 spiro atoms. The van der Waals surface area contributed by atoms with Gasteiger partial charge in [-0.1, -0.05) is 36.3 Å². The van der Waals surface area contributed by atoms with Crippen molar-refractivity contribution in [2.45, 2.75) is 44.7 Å². The van der Waals surface area contributed by atoms with Gasteiger partial charge in [-0.05, 0) is 30.5 Å². The molecule has 0 radical (unpaired) electrons. The van der Waals surface area contributed by atoms with Crippen LogP contribution in [-0.4, -0.2) is 60.3 Å². The van der Waals surface area contributed by atoms with Gasteiger partial charge in [0, 0.05) is 38.8 Å². The van der Waals surface area contributed by atoms with E-state index in [1.807, 2.05) is 12.1 Å². The third-order valence-electron chi connectivity index (χ3n) is 5.70. The molecule has 2 aliphatic rings. The van der Waals surface area contributed by atoms with Gasteiger partial charge < -0.3 is 15.0 Å². The first-order valence-electron chi connectivity index (χ1n) is 10.4. The average molecular weight is 416 g/mol. The summed E-state index contributed by atoms with van der Waals surface area (Å²) in [5, 5.41) is 13.4. The minimum Gasteiger partial charge on any atom is -0.497 e. The summed E-state index contributed by atoms with van der Waals surface area (Å²) < 4.78 is 5.22. The van der Waals surface area contributed by atoms with Crippen molar-refractivity contribution in [2.24, 2.45) is 0 Å². The lowest BCUT2D eigenvalue weighted by Crippen LogP contribution is -2.45. The van der Waals surface area contributed by atoms with Crippen LogP contribution in [0.15, 0.2) is 24.3 Å². The Balaban J connectivity index is 1.23. The van der Waals surface area contributed by atoms with E-state index in [2.05, 4.69) is 37.4 Å². The van der Waals surface area contributed by atoms with Crippen molar-refractivity contribution in [2.75, 3.05) is 38.2 Å². The number of carbonyl (C=O) groups excluding carboxylic acids is 1. The third kappa shape index (κ3) is 5.45. The van der Waals surface area contributed by atoms with Crippen LogP contribution in [0.1, 0.15) is 36.3 Å². The molecule has 2 heterocycles. The summed E-state index contributed by atoms with van der Waals surface area (Å²) in [5.41, 5.74) is 1.30. The van der Waals surface area contributed by atoms with Crippen LogP contribution < -0.4 is 15.0 Å². The van der Waals surface area contributed by atoms with E-state index in [0.717, 1.165) is 61.5 Å². The molecule has 4 rings (SSSR count). The number of piperazine rings is 1. The van der Waals surface area contributed by atoms with Crippen LogP contribution >= 0.6 is 11.3 Å². The molecule has 1 aromatic carbocycles. The van der Waals surface area contributed by atoms with Crippen molar-refractivity contribution in [1.82, 2.24) is 20.4 Å². The monoisotopic (exact) mass is 415 g/mol. The van der Waals surface area contributed by atoms with Crippen molar-refractivity contribution in [1.29, 1.82) is 0 Å². The minimum absolute atomic E-state index is 0.0731. The van der Waals surface area contributed by atoms with Crippen molar-refractivity contribution in [3.05, 3.63) is 34.8 Å². The maximum Gasteiger partial charge on any atom is 0.227 e. The van der Waals surface area contributed by atoms with Gasteiger partial charge in [-0.15, -0.1) is 10.2 Å². The maximum absolute atomic E-state index is 12.2. The fourth-order valence-corrected chi connectivity index (χ4v) is 4.91. The van der Waals surface area contributed by atoms with Crippen LogP contribution in [-0.2, 0) is 17.8 Å². The minimum atomic E-state index is 0.0731. The second-order valence-electron chi connectivity index (χ2n) is 7.82. The largest absolute Gasteiger partial charge is 0.497 e. The van der Waals surface area contributed by atoms with Gasteiger partial charge in [-0.3, -0.25) is 9.69 Å². The first kappa shape index (κ1) is 20.1. The zero-order valence-corrected chi connectivity index (χ0v) is 17.8. The summed E-state index contributed by atoms with van der Waals surface area (Å²) in [6.45, 7) is 4.78. The first-order chi connectivity index (χ1) is 14.2. The van der Waals surface area contributed by atoms with E-state index < -0.39 is 0 Å². The van der Waals surface area contributed by atoms with Crippen LogP contribution in [0.25, 0.3) is 0 Å². The van der Waals surface area contributed by atoms with Gasteiger partial charge in [0.15, 0.2) is 0 Å². The Hall–Kier alpha value is -2.19. The zero-order chi connectivity index (χ0) is 20.1. The molecule has 0 bridgehead atoms. The molecular weight excluding hydrogens is 386 g/mol. The fourth-order valence-electron chi connectivity index (χ4n) is 4.02. The highest BCUT2D eigenvalue weighted by Crippen LogP contribution is 2.23. The number of rotatable bonds is 7. The molecule has 0 atom stereocenters. The number of nitrogens with zero attached hydrogens (tertiary/aromatic N) is 4. The molecule has 1 N–H and O–H groups in total. The van der Waals surface area contributed by atoms with E-state index in [0.29, 0.717) is 12.5 Å². The Bertz CT molecular complexity index is 796. The van der Waals surface area contributed by atoms with Gasteiger partial charge in [0.25, 0.3) is 0 Å². The molecule has 1 saturated heterocycles. The molecule has 8 heteroatoms. The van der Waals surface area contributed by atoms with E-state index in [9.17, 15) is 4.79 Å². The van der Waals surface area contributed by atoms with Gasteiger partial charge in [-0.25, -0.2) is 0 Å². The van der Waals surface area contributed by atoms with Crippen LogP contribution in [0, 0.1) is 0 Å². The lowest BCUT2D eigenvalue weighted by atomic mass is 10.2. The van der Waals surface area contributed by atoms with E-state index in [4.69, 9.17) is 4.74 Å². The first-order valence-corrected chi connectivity index (χ1v) is 11.2. The summed E-state index contributed by atoms with van der Waals surface area (Å²) in [6.07, 6.45) is 4.99. The van der Waals surface area contributed by atoms with E-state index >= 15 is 0 Å². The summed E-state index contributed by atoms with van der Waals surface area (Å²) in [7, 11) is 1.69. The molecule has 1 aliphatic carbocycles. The van der Waals surface area contributed by atoms with Crippen LogP contribution in [0.5, 0.6) is 5.75 Å². The van der Waals surface area contributed by atoms with Crippen LogP contribution in [0.4, 0.5) is 5.13 Å². The second kappa shape index (κ2) is 9.54. The Kier molecular flexibility index (Phi) is 6.61. The number of ether oxygens (including phenoxy) is 1. The number of aromatic nitrogens is 2. The van der Waals surface area contributed by atoms with Crippen LogP contribution in [0.3, 0.4) is 0 Å². The molecular formula is C21H29N5O2S. The van der Waals surface area contributed by atoms with E-state index in [1.54, 1.807) is 18.4 Å². The van der Waals surface area contributed by atoms with Gasteiger partial charge in [0.05, 0.1) is 13.5 Å². The standard InChI is InChI=1S/C21H29N5O2S/c1-28-18-8-6-16(7-9-18)15-25-10-12-26(13-11-25)21-24-23-20(29-21)14-19(27)22-17-4-2-3-5-17/h6-9,17H,2-5,10-15H2,1H3,(H,22,27). The maximum atomic E-state index is 12.2. The predicted molar refractivity (Wildman–Crippen MR) is 114 cm³/mol. The van der Waals surface area contributed by atoms with Gasteiger partial charge in [0.2, 0.25) is 11.0 Å². The summed E-state index contributed by atoms with van der Waals surface area (Å²) in [4.78, 5) is 16.9. The smallest absolute Gasteiger partial charge is 0.227 e. The van der Waals surface area contributed by atoms with E-state index in [1.165, 1.54) is 18.4 Å². The highest BCUT2D eigenvalue weighted by molar-refractivity contribution is 7.15. The SMILES string of the molecule is COc1ccc(CN2CCN(c3nnc(CC(=O)NC4CCCC4)s3)CC2)cc1. The quantitative estimate of drug-likeness (QED) is 0.749. The molecule has 7 nitrogen and oxygen atoms in total. The third-order valence-corrected chi connectivity index (χ3v) is 6.68. The molecule has 1 aromatic heterocycles. The van der Waals surface area contributed by atoms with Gasteiger partial charge >= 0.3 is 0 Å². The number of nitrogens with one attached hydrogen (secondary N) is 1. The molecule has 0 unspecified atom stereocenters. The van der Waals surface area contributed by atoms with Crippen molar-refractivity contribution >= 4 is 22.4 Å². The lowest BCUT2D eigenvalue weighted by Gasteiger charge is -2.34. The van der Waals surface area contributed by atoms with Crippen molar-refractivity contribution in [3.63, 3.8) is 0 Å². The number of hydrogen-bond acceptors (Lipinski definition) is 7. The summed E-state index contributed by atoms with van der Waals surface area (Å²) in [6, 6.07) is 8.63. The normalized spacial score (nSPS) is 18.2. The number of carbonyl (C=O) groups is 1. The van der Waals surface area contributed by atoms with Gasteiger partial charge in [-0.2, -0.15) is 0 Å². The molecule has 1 aliphatic heterocycles. The fraction of sp³-hybridized carbons (Fsp3) is 0.571. The Labute approximate surface area is 176 Å². The number of benzene rings is 1. The van der Waals surface area contributed by atoms with Crippen molar-refractivity contribution < 1.29 is 9.53 Å². The topological polar surface area (TPSA) is 70.6 Å². The number of amides is 1. The Morgan fingerprint density at radius 2 is 1.86 bits per heavy atom. The predicted octanol–water partition coefficient (Wildman–Crippen LogP) is 2.47. The summed E-state index contributed by atoms with van der Waals surface area (Å²) in [5.74, 6) is 0.964. The molecule has 2 fully saturated rings. The molecule has 1 amide bonds. The molecule has 1 saturated carbocycles. The zero-order valence-electron chi connectivity index (χ0n) is 17.0. The average Bonchev–Trinajstić information content (AvgIpc) is 3.41. The second-order valence-corrected chi connectivity index (χ2v) is 8.86. The Morgan fingerprint density at radius 1 is 1.14 bits per heavy atom. The molecule has 156 valence electrons. The number of methoxy groups -OCH3 is 1. The van der Waals surface area contributed by atoms with Crippen LogP contribution in [0.2, 0.25) is 0 Å². The highest BCUT2D eigenvalue weighted by atomic mass is 32.1. The van der Waals surface area contributed by atoms with Crippen molar-refractivity contribution in [3.8, 4) is 5.75 Å². The molecule has 2 aromatic rings. The lowest BCUT2D eigenvalue weighted by molar-refractivity contribution is -0.121. The highest BCUT2D eigenvalue weighted by Gasteiger charge is 2.22. The molecule has 29 heavy (non-hydrogen) atoms. The van der Waals surface area contributed by atoms with E-state index in [-0.39, 0.29) is 5.91 Å².